The van der Waals surface area contributed by atoms with Gasteiger partial charge in [-0.25, -0.2) is 0 Å². The molecule has 0 radical (unpaired) electrons. The lowest BCUT2D eigenvalue weighted by atomic mass is 10.0. The van der Waals surface area contributed by atoms with Crippen molar-refractivity contribution >= 4 is 27.3 Å². The average Bonchev–Trinajstić information content (AvgIpc) is 2.90. The van der Waals surface area contributed by atoms with Crippen molar-refractivity contribution in [3.63, 3.8) is 0 Å². The zero-order chi connectivity index (χ0) is 18.8. The molecule has 2 aliphatic rings. The summed E-state index contributed by atoms with van der Waals surface area (Å²) in [4.78, 5) is 31.7. The first kappa shape index (κ1) is 18.4. The van der Waals surface area contributed by atoms with E-state index >= 15 is 0 Å². The number of amides is 1. The second kappa shape index (κ2) is 7.96. The summed E-state index contributed by atoms with van der Waals surface area (Å²) in [6.45, 7) is 4.15. The molecule has 2 aromatic heterocycles. The number of rotatable bonds is 3. The molecule has 0 aromatic carbocycles. The number of anilines is 1. The third-order valence-corrected chi connectivity index (χ3v) is 6.56. The molecule has 0 spiro atoms. The molecule has 1 unspecified atom stereocenters. The zero-order valence-corrected chi connectivity index (χ0v) is 16.6. The van der Waals surface area contributed by atoms with E-state index in [4.69, 9.17) is 0 Å². The van der Waals surface area contributed by atoms with Crippen LogP contribution in [0.4, 0.5) is 5.13 Å². The van der Waals surface area contributed by atoms with Crippen LogP contribution in [0.2, 0.25) is 0 Å². The molecular formula is C19H27N5O2S. The summed E-state index contributed by atoms with van der Waals surface area (Å²) < 4.78 is 1.55. The first-order valence-corrected chi connectivity index (χ1v) is 10.9. The predicted octanol–water partition coefficient (Wildman–Crippen LogP) is 2.84. The largest absolute Gasteiger partial charge is 0.348 e. The van der Waals surface area contributed by atoms with Crippen LogP contribution in [0, 0.1) is 5.92 Å². The molecule has 1 aliphatic heterocycles. The van der Waals surface area contributed by atoms with Gasteiger partial charge in [0.15, 0.2) is 0 Å². The highest BCUT2D eigenvalue weighted by Crippen LogP contribution is 2.27. The van der Waals surface area contributed by atoms with Gasteiger partial charge in [-0.2, -0.15) is 9.50 Å². The van der Waals surface area contributed by atoms with E-state index in [0.29, 0.717) is 16.6 Å². The molecule has 2 fully saturated rings. The molecule has 8 heteroatoms. The number of hydrogen-bond acceptors (Lipinski definition) is 6. The van der Waals surface area contributed by atoms with Crippen molar-refractivity contribution in [2.24, 2.45) is 5.92 Å². The Morgan fingerprint density at radius 1 is 1.19 bits per heavy atom. The highest BCUT2D eigenvalue weighted by Gasteiger charge is 2.23. The number of nitrogens with one attached hydrogen (secondary N) is 1. The average molecular weight is 390 g/mol. The van der Waals surface area contributed by atoms with Crippen LogP contribution in [-0.2, 0) is 0 Å². The van der Waals surface area contributed by atoms with E-state index in [-0.39, 0.29) is 17.5 Å². The molecule has 1 saturated carbocycles. The van der Waals surface area contributed by atoms with Gasteiger partial charge in [0.1, 0.15) is 5.69 Å². The van der Waals surface area contributed by atoms with Crippen LogP contribution in [0.25, 0.3) is 4.96 Å². The van der Waals surface area contributed by atoms with Crippen LogP contribution in [0.1, 0.15) is 68.8 Å². The minimum atomic E-state index is -0.386. The molecular weight excluding hydrogens is 362 g/mol. The fraction of sp³-hybridized carbons (Fsp3) is 0.684. The Hall–Kier alpha value is -1.96. The Morgan fingerprint density at radius 2 is 1.96 bits per heavy atom. The summed E-state index contributed by atoms with van der Waals surface area (Å²) in [7, 11) is 0. The van der Waals surface area contributed by atoms with Crippen LogP contribution in [-0.4, -0.2) is 39.6 Å². The van der Waals surface area contributed by atoms with E-state index in [9.17, 15) is 9.59 Å². The molecule has 146 valence electrons. The molecule has 2 aromatic rings. The Balaban J connectivity index is 1.61. The van der Waals surface area contributed by atoms with Crippen LogP contribution >= 0.6 is 11.3 Å². The van der Waals surface area contributed by atoms with Gasteiger partial charge in [-0.05, 0) is 31.6 Å². The third-order valence-electron chi connectivity index (χ3n) is 5.59. The minimum absolute atomic E-state index is 0.181. The molecule has 7 nitrogen and oxygen atoms in total. The molecule has 1 saturated heterocycles. The lowest BCUT2D eigenvalue weighted by Crippen LogP contribution is -2.36. The molecule has 1 aliphatic carbocycles. The summed E-state index contributed by atoms with van der Waals surface area (Å²) in [5, 5.41) is 8.59. The number of aromatic nitrogens is 3. The van der Waals surface area contributed by atoms with Crippen molar-refractivity contribution in [2.75, 3.05) is 18.0 Å². The first-order chi connectivity index (χ1) is 13.1. The van der Waals surface area contributed by atoms with Crippen molar-refractivity contribution in [2.45, 2.75) is 64.3 Å². The SMILES string of the molecule is CC1CCCN(c2nn3c(C(=O)NC4CCCCCC4)cc(=O)nc3s2)C1. The maximum Gasteiger partial charge on any atom is 0.274 e. The molecule has 0 bridgehead atoms. The quantitative estimate of drug-likeness (QED) is 0.817. The van der Waals surface area contributed by atoms with Crippen molar-refractivity contribution in [1.29, 1.82) is 0 Å². The van der Waals surface area contributed by atoms with Gasteiger partial charge in [-0.15, -0.1) is 5.10 Å². The van der Waals surface area contributed by atoms with Gasteiger partial charge in [-0.1, -0.05) is 43.9 Å². The predicted molar refractivity (Wildman–Crippen MR) is 107 cm³/mol. The third kappa shape index (κ3) is 4.15. The number of piperidine rings is 1. The maximum absolute atomic E-state index is 12.9. The van der Waals surface area contributed by atoms with Gasteiger partial charge in [0.2, 0.25) is 10.1 Å². The van der Waals surface area contributed by atoms with Gasteiger partial charge in [0.05, 0.1) is 0 Å². The smallest absolute Gasteiger partial charge is 0.274 e. The lowest BCUT2D eigenvalue weighted by Gasteiger charge is -2.30. The van der Waals surface area contributed by atoms with Gasteiger partial charge in [-0.3, -0.25) is 9.59 Å². The number of carbonyl (C=O) groups is 1. The van der Waals surface area contributed by atoms with Gasteiger partial charge in [0, 0.05) is 25.2 Å². The highest BCUT2D eigenvalue weighted by molar-refractivity contribution is 7.20. The van der Waals surface area contributed by atoms with E-state index in [0.717, 1.165) is 50.3 Å². The fourth-order valence-electron chi connectivity index (χ4n) is 4.14. The first-order valence-electron chi connectivity index (χ1n) is 10.1. The summed E-state index contributed by atoms with van der Waals surface area (Å²) in [5.74, 6) is 0.400. The molecule has 1 N–H and O–H groups in total. The monoisotopic (exact) mass is 389 g/mol. The van der Waals surface area contributed by atoms with Crippen LogP contribution in [0.5, 0.6) is 0 Å². The molecule has 4 rings (SSSR count). The van der Waals surface area contributed by atoms with Gasteiger partial charge in [0.25, 0.3) is 11.5 Å². The molecule has 3 heterocycles. The van der Waals surface area contributed by atoms with E-state index in [1.807, 2.05) is 0 Å². The minimum Gasteiger partial charge on any atom is -0.348 e. The Bertz CT molecular complexity index is 869. The van der Waals surface area contributed by atoms with E-state index in [1.165, 1.54) is 36.7 Å². The van der Waals surface area contributed by atoms with Crippen LogP contribution < -0.4 is 15.8 Å². The van der Waals surface area contributed by atoms with Crippen molar-refractivity contribution in [1.82, 2.24) is 19.9 Å². The fourth-order valence-corrected chi connectivity index (χ4v) is 5.08. The van der Waals surface area contributed by atoms with E-state index < -0.39 is 0 Å². The molecule has 1 amide bonds. The summed E-state index contributed by atoms with van der Waals surface area (Å²) in [6, 6.07) is 1.49. The van der Waals surface area contributed by atoms with Crippen LogP contribution in [0.3, 0.4) is 0 Å². The Morgan fingerprint density at radius 3 is 2.70 bits per heavy atom. The second-order valence-corrected chi connectivity index (χ2v) is 8.85. The van der Waals surface area contributed by atoms with Gasteiger partial charge >= 0.3 is 0 Å². The topological polar surface area (TPSA) is 79.6 Å². The normalized spacial score (nSPS) is 22.0. The second-order valence-electron chi connectivity index (χ2n) is 7.91. The zero-order valence-electron chi connectivity index (χ0n) is 15.8. The van der Waals surface area contributed by atoms with Crippen molar-refractivity contribution in [3.05, 3.63) is 22.1 Å². The maximum atomic E-state index is 12.9. The van der Waals surface area contributed by atoms with E-state index in [2.05, 4.69) is 27.2 Å². The van der Waals surface area contributed by atoms with Crippen molar-refractivity contribution < 1.29 is 4.79 Å². The van der Waals surface area contributed by atoms with Crippen molar-refractivity contribution in [3.8, 4) is 0 Å². The van der Waals surface area contributed by atoms with Gasteiger partial charge < -0.3 is 10.2 Å². The summed E-state index contributed by atoms with van der Waals surface area (Å²) in [6.07, 6.45) is 9.12. The standard InChI is InChI=1S/C19H27N5O2S/c1-13-7-6-10-23(12-13)19-22-24-15(11-16(25)21-18(24)27-19)17(26)20-14-8-4-2-3-5-9-14/h11,13-14H,2-10,12H2,1H3,(H,20,26). The summed E-state index contributed by atoms with van der Waals surface area (Å²) >= 11 is 1.39. The Labute approximate surface area is 162 Å². The van der Waals surface area contributed by atoms with Crippen LogP contribution in [0.15, 0.2) is 10.9 Å². The summed E-state index contributed by atoms with van der Waals surface area (Å²) in [5.41, 5.74) is -0.0926. The molecule has 27 heavy (non-hydrogen) atoms. The van der Waals surface area contributed by atoms with E-state index in [1.54, 1.807) is 4.52 Å². The number of nitrogens with zero attached hydrogens (tertiary/aromatic N) is 4. The highest BCUT2D eigenvalue weighted by atomic mass is 32.1. The number of fused-ring (bicyclic) bond motifs is 1. The lowest BCUT2D eigenvalue weighted by molar-refractivity contribution is 0.0925. The number of hydrogen-bond donors (Lipinski definition) is 1. The molecule has 1 atom stereocenters. The number of carbonyl (C=O) groups excluding carboxylic acids is 1. The Kier molecular flexibility index (Phi) is 5.43.